The zero-order valence-electron chi connectivity index (χ0n) is 16.5. The predicted octanol–water partition coefficient (Wildman–Crippen LogP) is 4.56. The number of fused-ring (bicyclic) bond motifs is 3. The molecular weight excluding hydrogens is 388 g/mol. The van der Waals surface area contributed by atoms with Gasteiger partial charge < -0.3 is 19.5 Å². The van der Waals surface area contributed by atoms with E-state index in [1.54, 1.807) is 26.0 Å². The topological polar surface area (TPSA) is 78.4 Å². The first-order chi connectivity index (χ1) is 14.2. The van der Waals surface area contributed by atoms with Gasteiger partial charge in [0.2, 0.25) is 11.0 Å². The molecule has 0 aliphatic carbocycles. The highest BCUT2D eigenvalue weighted by Crippen LogP contribution is 2.40. The van der Waals surface area contributed by atoms with Crippen LogP contribution in [0.3, 0.4) is 0 Å². The molecule has 0 saturated carbocycles. The predicted molar refractivity (Wildman–Crippen MR) is 113 cm³/mol. The fourth-order valence-electron chi connectivity index (χ4n) is 3.07. The van der Waals surface area contributed by atoms with Crippen LogP contribution in [0, 0.1) is 0 Å². The minimum atomic E-state index is -0.474. The molecule has 7 nitrogen and oxygen atoms in total. The number of thioether (sulfide) groups is 1. The van der Waals surface area contributed by atoms with Crippen molar-refractivity contribution in [3.05, 3.63) is 48.0 Å². The quantitative estimate of drug-likeness (QED) is 0.593. The second kappa shape index (κ2) is 8.57. The maximum atomic E-state index is 6.28. The molecule has 0 spiro atoms. The van der Waals surface area contributed by atoms with Gasteiger partial charge in [-0.05, 0) is 30.7 Å². The van der Waals surface area contributed by atoms with E-state index in [2.05, 4.69) is 27.4 Å². The van der Waals surface area contributed by atoms with E-state index in [4.69, 9.17) is 14.2 Å². The van der Waals surface area contributed by atoms with Crippen molar-refractivity contribution >= 4 is 17.4 Å². The smallest absolute Gasteiger partial charge is 0.247 e. The van der Waals surface area contributed by atoms with Gasteiger partial charge in [0, 0.05) is 22.6 Å². The van der Waals surface area contributed by atoms with E-state index in [-0.39, 0.29) is 0 Å². The van der Waals surface area contributed by atoms with Crippen LogP contribution in [0.15, 0.2) is 47.6 Å². The molecule has 0 saturated heterocycles. The average Bonchev–Trinajstić information content (AvgIpc) is 2.93. The first-order valence-corrected chi connectivity index (χ1v) is 10.3. The van der Waals surface area contributed by atoms with Crippen LogP contribution in [0.4, 0.5) is 5.69 Å². The number of nitrogens with one attached hydrogen (secondary N) is 1. The van der Waals surface area contributed by atoms with Crippen LogP contribution in [-0.4, -0.2) is 35.2 Å². The van der Waals surface area contributed by atoms with Gasteiger partial charge in [0.1, 0.15) is 0 Å². The highest BCUT2D eigenvalue weighted by Gasteiger charge is 2.26. The first-order valence-electron chi connectivity index (χ1n) is 9.35. The zero-order chi connectivity index (χ0) is 20.2. The Morgan fingerprint density at radius 2 is 1.90 bits per heavy atom. The maximum absolute atomic E-state index is 6.28. The number of rotatable bonds is 6. The van der Waals surface area contributed by atoms with E-state index in [1.807, 2.05) is 42.5 Å². The van der Waals surface area contributed by atoms with Crippen LogP contribution in [0.1, 0.15) is 25.1 Å². The second-order valence-corrected chi connectivity index (χ2v) is 7.46. The summed E-state index contributed by atoms with van der Waals surface area (Å²) in [5, 5.41) is 12.7. The van der Waals surface area contributed by atoms with Gasteiger partial charge in [-0.3, -0.25) is 0 Å². The molecule has 3 aromatic rings. The van der Waals surface area contributed by atoms with Crippen LogP contribution >= 0.6 is 11.8 Å². The number of hydrogen-bond acceptors (Lipinski definition) is 8. The minimum absolute atomic E-state index is 0.454. The molecule has 0 bridgehead atoms. The molecule has 1 aromatic heterocycles. The molecule has 29 heavy (non-hydrogen) atoms. The van der Waals surface area contributed by atoms with Crippen molar-refractivity contribution in [3.63, 3.8) is 0 Å². The SMILES string of the molecule is CCCSc1nnc2c(n1)OC(c1ccc(OC)c(OC)c1)Nc1ccccc1-2. The Kier molecular flexibility index (Phi) is 5.71. The van der Waals surface area contributed by atoms with Crippen LogP contribution in [0.25, 0.3) is 11.3 Å². The molecule has 0 fully saturated rings. The lowest BCUT2D eigenvalue weighted by atomic mass is 10.1. The number of methoxy groups -OCH3 is 2. The number of hydrogen-bond donors (Lipinski definition) is 1. The standard InChI is InChI=1S/C21H22N4O3S/c1-4-11-29-21-23-20-18(24-25-21)14-7-5-6-8-15(14)22-19(28-20)13-9-10-16(26-2)17(12-13)27-3/h5-10,12,19,22H,4,11H2,1-3H3. The monoisotopic (exact) mass is 410 g/mol. The number of anilines is 1. The van der Waals surface area contributed by atoms with Crippen molar-refractivity contribution in [2.24, 2.45) is 0 Å². The van der Waals surface area contributed by atoms with Gasteiger partial charge in [0.15, 0.2) is 23.4 Å². The summed E-state index contributed by atoms with van der Waals surface area (Å²) in [5.41, 5.74) is 3.30. The largest absolute Gasteiger partial charge is 0.493 e. The number of nitrogens with zero attached hydrogens (tertiary/aromatic N) is 3. The van der Waals surface area contributed by atoms with E-state index < -0.39 is 6.23 Å². The highest BCUT2D eigenvalue weighted by atomic mass is 32.2. The van der Waals surface area contributed by atoms with Crippen molar-refractivity contribution in [3.8, 4) is 28.6 Å². The van der Waals surface area contributed by atoms with Crippen molar-refractivity contribution in [2.75, 3.05) is 25.3 Å². The Balaban J connectivity index is 1.77. The highest BCUT2D eigenvalue weighted by molar-refractivity contribution is 7.99. The first kappa shape index (κ1) is 19.3. The average molecular weight is 410 g/mol. The zero-order valence-corrected chi connectivity index (χ0v) is 17.3. The van der Waals surface area contributed by atoms with E-state index in [1.165, 1.54) is 0 Å². The molecule has 1 atom stereocenters. The third kappa shape index (κ3) is 3.93. The van der Waals surface area contributed by atoms with E-state index >= 15 is 0 Å². The van der Waals surface area contributed by atoms with Crippen LogP contribution < -0.4 is 19.5 Å². The molecule has 0 radical (unpaired) electrons. The van der Waals surface area contributed by atoms with Crippen LogP contribution in [0.5, 0.6) is 17.4 Å². The third-order valence-corrected chi connectivity index (χ3v) is 5.52. The Morgan fingerprint density at radius 3 is 2.69 bits per heavy atom. The molecule has 1 aliphatic rings. The molecule has 150 valence electrons. The lowest BCUT2D eigenvalue weighted by Gasteiger charge is -2.20. The normalized spacial score (nSPS) is 14.7. The molecule has 0 amide bonds. The van der Waals surface area contributed by atoms with Gasteiger partial charge in [-0.2, -0.15) is 4.98 Å². The second-order valence-electron chi connectivity index (χ2n) is 6.40. The van der Waals surface area contributed by atoms with Gasteiger partial charge in [-0.15, -0.1) is 10.2 Å². The number of ether oxygens (including phenoxy) is 3. The van der Waals surface area contributed by atoms with Gasteiger partial charge >= 0.3 is 0 Å². The van der Waals surface area contributed by atoms with Gasteiger partial charge in [-0.25, -0.2) is 0 Å². The van der Waals surface area contributed by atoms with Crippen molar-refractivity contribution in [2.45, 2.75) is 24.7 Å². The Labute approximate surface area is 173 Å². The summed E-state index contributed by atoms with van der Waals surface area (Å²) < 4.78 is 17.1. The number of para-hydroxylation sites is 1. The molecular formula is C21H22N4O3S. The molecule has 1 unspecified atom stereocenters. The van der Waals surface area contributed by atoms with Crippen molar-refractivity contribution in [1.29, 1.82) is 0 Å². The van der Waals surface area contributed by atoms with Crippen LogP contribution in [0.2, 0.25) is 0 Å². The summed E-state index contributed by atoms with van der Waals surface area (Å²) in [6.45, 7) is 2.12. The molecule has 8 heteroatoms. The van der Waals surface area contributed by atoms with Crippen LogP contribution in [-0.2, 0) is 0 Å². The molecule has 1 aliphatic heterocycles. The number of benzene rings is 2. The lowest BCUT2D eigenvalue weighted by molar-refractivity contribution is 0.224. The molecule has 4 rings (SSSR count). The summed E-state index contributed by atoms with van der Waals surface area (Å²) in [5.74, 6) is 2.67. The van der Waals surface area contributed by atoms with E-state index in [0.717, 1.165) is 29.0 Å². The van der Waals surface area contributed by atoms with Crippen molar-refractivity contribution in [1.82, 2.24) is 15.2 Å². The van der Waals surface area contributed by atoms with Gasteiger partial charge in [0.25, 0.3) is 0 Å². The maximum Gasteiger partial charge on any atom is 0.247 e. The van der Waals surface area contributed by atoms with Gasteiger partial charge in [0.05, 0.1) is 14.2 Å². The fraction of sp³-hybridized carbons (Fsp3) is 0.286. The van der Waals surface area contributed by atoms with E-state index in [9.17, 15) is 0 Å². The fourth-order valence-corrected chi connectivity index (χ4v) is 3.70. The van der Waals surface area contributed by atoms with Crippen molar-refractivity contribution < 1.29 is 14.2 Å². The summed E-state index contributed by atoms with van der Waals surface area (Å²) in [6, 6.07) is 13.6. The van der Waals surface area contributed by atoms with E-state index in [0.29, 0.717) is 28.2 Å². The minimum Gasteiger partial charge on any atom is -0.493 e. The summed E-state index contributed by atoms with van der Waals surface area (Å²) in [4.78, 5) is 4.63. The summed E-state index contributed by atoms with van der Waals surface area (Å²) in [6.07, 6.45) is 0.558. The number of aromatic nitrogens is 3. The Bertz CT molecular complexity index is 1010. The summed E-state index contributed by atoms with van der Waals surface area (Å²) in [7, 11) is 3.23. The third-order valence-electron chi connectivity index (χ3n) is 4.48. The molecule has 1 N–H and O–H groups in total. The van der Waals surface area contributed by atoms with Gasteiger partial charge in [-0.1, -0.05) is 36.9 Å². The lowest BCUT2D eigenvalue weighted by Crippen LogP contribution is -2.17. The Morgan fingerprint density at radius 1 is 1.07 bits per heavy atom. The summed E-state index contributed by atoms with van der Waals surface area (Å²) >= 11 is 1.57. The molecule has 2 heterocycles. The molecule has 2 aromatic carbocycles. The Hall–Kier alpha value is -3.00.